The number of carbonyl (C=O) groups is 1. The van der Waals surface area contributed by atoms with Crippen LogP contribution in [0.3, 0.4) is 0 Å². The number of aryl methyl sites for hydroxylation is 3. The molecule has 0 amide bonds. The highest BCUT2D eigenvalue weighted by Crippen LogP contribution is 2.31. The van der Waals surface area contributed by atoms with E-state index in [2.05, 4.69) is 13.0 Å². The molecule has 0 bridgehead atoms. The minimum Gasteiger partial charge on any atom is -0.469 e. The van der Waals surface area contributed by atoms with Gasteiger partial charge >= 0.3 is 5.97 Å². The van der Waals surface area contributed by atoms with E-state index in [9.17, 15) is 9.90 Å². The average molecular weight is 278 g/mol. The zero-order chi connectivity index (χ0) is 15.3. The second kappa shape index (κ2) is 7.44. The van der Waals surface area contributed by atoms with E-state index in [1.54, 1.807) is 0 Å². The number of aliphatic hydroxyl groups excluding tert-OH is 1. The number of rotatable bonds is 6. The first-order valence-electron chi connectivity index (χ1n) is 7.26. The van der Waals surface area contributed by atoms with Crippen LogP contribution < -0.4 is 0 Å². The number of hydrogen-bond acceptors (Lipinski definition) is 3. The van der Waals surface area contributed by atoms with Crippen LogP contribution in [0, 0.1) is 26.7 Å². The standard InChI is InChI=1S/C17H26O3/c1-6-7-8-14(17(19)20-5)16(18)15-10-12(3)11(2)9-13(15)4/h9-10,14,16,18H,6-8H2,1-5H3. The molecule has 0 aliphatic heterocycles. The predicted molar refractivity (Wildman–Crippen MR) is 80.6 cm³/mol. The Labute approximate surface area is 122 Å². The fraction of sp³-hybridized carbons (Fsp3) is 0.588. The molecule has 0 aliphatic rings. The molecular formula is C17H26O3. The summed E-state index contributed by atoms with van der Waals surface area (Å²) in [6.45, 7) is 8.11. The van der Waals surface area contributed by atoms with E-state index in [0.29, 0.717) is 6.42 Å². The molecule has 3 nitrogen and oxygen atoms in total. The zero-order valence-electron chi connectivity index (χ0n) is 13.2. The number of ether oxygens (including phenoxy) is 1. The van der Waals surface area contributed by atoms with Crippen molar-refractivity contribution in [2.45, 2.75) is 53.1 Å². The van der Waals surface area contributed by atoms with Crippen molar-refractivity contribution in [3.63, 3.8) is 0 Å². The largest absolute Gasteiger partial charge is 0.469 e. The lowest BCUT2D eigenvalue weighted by atomic mass is 9.87. The smallest absolute Gasteiger partial charge is 0.311 e. The first-order chi connectivity index (χ1) is 9.42. The van der Waals surface area contributed by atoms with Gasteiger partial charge in [0.2, 0.25) is 0 Å². The van der Waals surface area contributed by atoms with E-state index in [1.807, 2.05) is 26.8 Å². The zero-order valence-corrected chi connectivity index (χ0v) is 13.2. The monoisotopic (exact) mass is 278 g/mol. The molecule has 1 aromatic rings. The van der Waals surface area contributed by atoms with Gasteiger partial charge in [-0.15, -0.1) is 0 Å². The van der Waals surface area contributed by atoms with E-state index >= 15 is 0 Å². The van der Waals surface area contributed by atoms with Gasteiger partial charge in [-0.25, -0.2) is 0 Å². The number of aliphatic hydroxyl groups is 1. The van der Waals surface area contributed by atoms with E-state index in [-0.39, 0.29) is 5.97 Å². The fourth-order valence-electron chi connectivity index (χ4n) is 2.50. The highest BCUT2D eigenvalue weighted by Gasteiger charge is 2.29. The molecule has 1 N–H and O–H groups in total. The number of carbonyl (C=O) groups excluding carboxylic acids is 1. The van der Waals surface area contributed by atoms with Crippen LogP contribution in [0.15, 0.2) is 12.1 Å². The summed E-state index contributed by atoms with van der Waals surface area (Å²) < 4.78 is 4.85. The van der Waals surface area contributed by atoms with Crippen LogP contribution in [0.1, 0.15) is 54.5 Å². The van der Waals surface area contributed by atoms with E-state index in [1.165, 1.54) is 12.7 Å². The Kier molecular flexibility index (Phi) is 6.21. The van der Waals surface area contributed by atoms with Gasteiger partial charge in [0.1, 0.15) is 0 Å². The SMILES string of the molecule is CCCCC(C(=O)OC)C(O)c1cc(C)c(C)cc1C. The minimum absolute atomic E-state index is 0.330. The van der Waals surface area contributed by atoms with E-state index < -0.39 is 12.0 Å². The molecule has 2 atom stereocenters. The van der Waals surface area contributed by atoms with Crippen molar-refractivity contribution >= 4 is 5.97 Å². The number of benzene rings is 1. The minimum atomic E-state index is -0.798. The summed E-state index contributed by atoms with van der Waals surface area (Å²) in [5.74, 6) is -0.815. The van der Waals surface area contributed by atoms with E-state index in [0.717, 1.165) is 29.5 Å². The van der Waals surface area contributed by atoms with E-state index in [4.69, 9.17) is 4.74 Å². The van der Waals surface area contributed by atoms with Gasteiger partial charge in [-0.2, -0.15) is 0 Å². The Balaban J connectivity index is 3.08. The number of esters is 1. The maximum atomic E-state index is 11.9. The number of methoxy groups -OCH3 is 1. The third-order valence-electron chi connectivity index (χ3n) is 3.95. The molecule has 0 spiro atoms. The lowest BCUT2D eigenvalue weighted by Gasteiger charge is -2.23. The molecule has 0 saturated heterocycles. The molecule has 1 aromatic carbocycles. The highest BCUT2D eigenvalue weighted by molar-refractivity contribution is 5.73. The predicted octanol–water partition coefficient (Wildman–Crippen LogP) is 3.62. The second-order valence-corrected chi connectivity index (χ2v) is 5.51. The highest BCUT2D eigenvalue weighted by atomic mass is 16.5. The maximum Gasteiger partial charge on any atom is 0.311 e. The quantitative estimate of drug-likeness (QED) is 0.808. The Morgan fingerprint density at radius 2 is 1.80 bits per heavy atom. The average Bonchev–Trinajstić information content (AvgIpc) is 2.42. The van der Waals surface area contributed by atoms with Gasteiger partial charge in [-0.3, -0.25) is 4.79 Å². The van der Waals surface area contributed by atoms with Crippen LogP contribution >= 0.6 is 0 Å². The van der Waals surface area contributed by atoms with Crippen molar-refractivity contribution in [3.05, 3.63) is 34.4 Å². The summed E-state index contributed by atoms with van der Waals surface area (Å²) in [6.07, 6.45) is 1.75. The molecular weight excluding hydrogens is 252 g/mol. The molecule has 112 valence electrons. The van der Waals surface area contributed by atoms with Crippen molar-refractivity contribution in [2.24, 2.45) is 5.92 Å². The van der Waals surface area contributed by atoms with Gasteiger partial charge in [0.05, 0.1) is 19.1 Å². The molecule has 0 aliphatic carbocycles. The van der Waals surface area contributed by atoms with Gasteiger partial charge in [0, 0.05) is 0 Å². The lowest BCUT2D eigenvalue weighted by Crippen LogP contribution is -2.24. The Morgan fingerprint density at radius 3 is 2.35 bits per heavy atom. The Bertz CT molecular complexity index is 466. The summed E-state index contributed by atoms with van der Waals surface area (Å²) >= 11 is 0. The van der Waals surface area contributed by atoms with Crippen molar-refractivity contribution in [1.29, 1.82) is 0 Å². The molecule has 0 heterocycles. The molecule has 20 heavy (non-hydrogen) atoms. The van der Waals surface area contributed by atoms with Gasteiger partial charge in [-0.1, -0.05) is 31.9 Å². The van der Waals surface area contributed by atoms with Crippen LogP contribution in [0.4, 0.5) is 0 Å². The van der Waals surface area contributed by atoms with Gasteiger partial charge in [0.25, 0.3) is 0 Å². The van der Waals surface area contributed by atoms with Crippen molar-refractivity contribution in [3.8, 4) is 0 Å². The Morgan fingerprint density at radius 1 is 1.20 bits per heavy atom. The molecule has 0 fully saturated rings. The summed E-state index contributed by atoms with van der Waals surface area (Å²) in [5.41, 5.74) is 4.18. The normalized spacial score (nSPS) is 13.9. The Hall–Kier alpha value is -1.35. The van der Waals surface area contributed by atoms with Crippen LogP contribution in [-0.4, -0.2) is 18.2 Å². The molecule has 1 rings (SSSR count). The molecule has 0 radical (unpaired) electrons. The second-order valence-electron chi connectivity index (χ2n) is 5.51. The molecule has 0 aromatic heterocycles. The third-order valence-corrected chi connectivity index (χ3v) is 3.95. The molecule has 3 heteroatoms. The fourth-order valence-corrected chi connectivity index (χ4v) is 2.50. The third kappa shape index (κ3) is 3.83. The van der Waals surface area contributed by atoms with Crippen molar-refractivity contribution in [1.82, 2.24) is 0 Å². The summed E-state index contributed by atoms with van der Waals surface area (Å²) in [7, 11) is 1.38. The summed E-state index contributed by atoms with van der Waals surface area (Å²) in [4.78, 5) is 11.9. The number of hydrogen-bond donors (Lipinski definition) is 1. The van der Waals surface area contributed by atoms with Gasteiger partial charge in [0.15, 0.2) is 0 Å². The topological polar surface area (TPSA) is 46.5 Å². The van der Waals surface area contributed by atoms with Crippen molar-refractivity contribution < 1.29 is 14.6 Å². The van der Waals surface area contributed by atoms with Crippen LogP contribution in [-0.2, 0) is 9.53 Å². The first-order valence-corrected chi connectivity index (χ1v) is 7.26. The lowest BCUT2D eigenvalue weighted by molar-refractivity contribution is -0.150. The first kappa shape index (κ1) is 16.7. The van der Waals surface area contributed by atoms with Crippen LogP contribution in [0.25, 0.3) is 0 Å². The van der Waals surface area contributed by atoms with Crippen LogP contribution in [0.5, 0.6) is 0 Å². The van der Waals surface area contributed by atoms with Crippen molar-refractivity contribution in [2.75, 3.05) is 7.11 Å². The molecule has 2 unspecified atom stereocenters. The van der Waals surface area contributed by atoms with Crippen LogP contribution in [0.2, 0.25) is 0 Å². The summed E-state index contributed by atoms with van der Waals surface area (Å²) in [5, 5.41) is 10.6. The molecule has 0 saturated carbocycles. The summed E-state index contributed by atoms with van der Waals surface area (Å²) in [6, 6.07) is 4.04. The van der Waals surface area contributed by atoms with Gasteiger partial charge < -0.3 is 9.84 Å². The number of unbranched alkanes of at least 4 members (excludes halogenated alkanes) is 1. The van der Waals surface area contributed by atoms with Gasteiger partial charge in [-0.05, 0) is 49.4 Å². The maximum absolute atomic E-state index is 11.9.